The van der Waals surface area contributed by atoms with E-state index in [-0.39, 0.29) is 6.16 Å². The fourth-order valence-corrected chi connectivity index (χ4v) is 5.72. The summed E-state index contributed by atoms with van der Waals surface area (Å²) in [7, 11) is -0.989. The standard InChI is InChI=1S/C20H29I2N2O8P/c1-11(18(26)24-19(27)32-20(3,4)5)23-16-8-13(14(21)9-15(16)22)17(31-12(2)25)10-33(28,29-6)30-7/h8-9,11,17,23H,10H2,1-7H3,(H,24,26,27)/t11-,17?/m0/s1. The minimum atomic E-state index is -3.50. The van der Waals surface area contributed by atoms with Gasteiger partial charge in [0.25, 0.3) is 5.91 Å². The van der Waals surface area contributed by atoms with Gasteiger partial charge in [-0.05, 0) is 85.0 Å². The Morgan fingerprint density at radius 2 is 1.67 bits per heavy atom. The van der Waals surface area contributed by atoms with Crippen molar-refractivity contribution in [2.45, 2.75) is 52.4 Å². The molecule has 0 aliphatic carbocycles. The number of benzene rings is 1. The summed E-state index contributed by atoms with van der Waals surface area (Å²) in [6, 6.07) is 2.72. The van der Waals surface area contributed by atoms with Gasteiger partial charge in [0, 0.05) is 39.5 Å². The molecule has 0 bridgehead atoms. The predicted molar refractivity (Wildman–Crippen MR) is 140 cm³/mol. The van der Waals surface area contributed by atoms with E-state index in [2.05, 4.69) is 55.8 Å². The maximum absolute atomic E-state index is 12.7. The molecule has 0 fully saturated rings. The Kier molecular flexibility index (Phi) is 11.5. The van der Waals surface area contributed by atoms with Crippen molar-refractivity contribution >= 4 is 76.4 Å². The van der Waals surface area contributed by atoms with Crippen LogP contribution >= 0.6 is 52.8 Å². The van der Waals surface area contributed by atoms with E-state index in [1.807, 2.05) is 6.07 Å². The molecule has 2 atom stereocenters. The average Bonchev–Trinajstić information content (AvgIpc) is 2.67. The molecule has 1 unspecified atom stereocenters. The number of nitrogens with one attached hydrogen (secondary N) is 2. The number of carbonyl (C=O) groups excluding carboxylic acids is 3. The highest BCUT2D eigenvalue weighted by molar-refractivity contribution is 14.1. The Labute approximate surface area is 221 Å². The van der Waals surface area contributed by atoms with Crippen LogP contribution < -0.4 is 10.6 Å². The Morgan fingerprint density at radius 1 is 1.09 bits per heavy atom. The molecule has 1 rings (SSSR count). The summed E-state index contributed by atoms with van der Waals surface area (Å²) >= 11 is 4.17. The SMILES string of the molecule is COP(=O)(CC(OC(C)=O)c1cc(N[C@@H](C)C(=O)NC(=O)OC(C)(C)C)c(I)cc1I)OC. The van der Waals surface area contributed by atoms with Gasteiger partial charge in [0.1, 0.15) is 17.7 Å². The van der Waals surface area contributed by atoms with E-state index in [0.29, 0.717) is 11.3 Å². The molecular weight excluding hydrogens is 681 g/mol. The van der Waals surface area contributed by atoms with Gasteiger partial charge in [0.2, 0.25) is 0 Å². The average molecular weight is 710 g/mol. The summed E-state index contributed by atoms with van der Waals surface area (Å²) in [5.74, 6) is -1.15. The molecule has 10 nitrogen and oxygen atoms in total. The first-order chi connectivity index (χ1) is 15.1. The minimum Gasteiger partial charge on any atom is -0.457 e. The van der Waals surface area contributed by atoms with Crippen LogP contribution in [0.15, 0.2) is 12.1 Å². The van der Waals surface area contributed by atoms with Gasteiger partial charge in [-0.2, -0.15) is 0 Å². The molecule has 2 N–H and O–H groups in total. The highest BCUT2D eigenvalue weighted by Crippen LogP contribution is 2.50. The van der Waals surface area contributed by atoms with Gasteiger partial charge < -0.3 is 23.8 Å². The molecule has 0 radical (unpaired) electrons. The maximum Gasteiger partial charge on any atom is 0.414 e. The molecule has 0 spiro atoms. The van der Waals surface area contributed by atoms with Crippen molar-refractivity contribution in [3.8, 4) is 0 Å². The number of anilines is 1. The second-order valence-electron chi connectivity index (χ2n) is 7.97. The predicted octanol–water partition coefficient (Wildman–Crippen LogP) is 4.84. The molecular formula is C20H29I2N2O8P. The molecule has 0 saturated heterocycles. The van der Waals surface area contributed by atoms with Crippen LogP contribution in [-0.4, -0.2) is 50.0 Å². The van der Waals surface area contributed by atoms with E-state index in [0.717, 1.165) is 7.14 Å². The monoisotopic (exact) mass is 710 g/mol. The molecule has 2 amide bonds. The number of rotatable bonds is 9. The Morgan fingerprint density at radius 3 is 2.15 bits per heavy atom. The minimum absolute atomic E-state index is 0.190. The number of amides is 2. The van der Waals surface area contributed by atoms with Crippen LogP contribution in [0, 0.1) is 7.14 Å². The quantitative estimate of drug-likeness (QED) is 0.210. The zero-order valence-corrected chi connectivity index (χ0v) is 24.7. The second-order valence-corrected chi connectivity index (χ2v) is 12.6. The number of imide groups is 1. The molecule has 1 aromatic carbocycles. The number of alkyl carbamates (subject to hydrolysis) is 1. The van der Waals surface area contributed by atoms with Gasteiger partial charge in [-0.1, -0.05) is 0 Å². The molecule has 13 heteroatoms. The van der Waals surface area contributed by atoms with Crippen molar-refractivity contribution in [1.29, 1.82) is 0 Å². The van der Waals surface area contributed by atoms with Crippen LogP contribution in [0.1, 0.15) is 46.3 Å². The van der Waals surface area contributed by atoms with Crippen molar-refractivity contribution in [2.24, 2.45) is 0 Å². The lowest BCUT2D eigenvalue weighted by atomic mass is 10.1. The van der Waals surface area contributed by atoms with E-state index in [1.165, 1.54) is 21.1 Å². The van der Waals surface area contributed by atoms with Gasteiger partial charge in [-0.15, -0.1) is 0 Å². The summed E-state index contributed by atoms with van der Waals surface area (Å²) in [5, 5.41) is 5.23. The van der Waals surface area contributed by atoms with Crippen molar-refractivity contribution in [2.75, 3.05) is 25.7 Å². The number of carbonyl (C=O) groups is 3. The molecule has 186 valence electrons. The molecule has 0 saturated carbocycles. The number of esters is 1. The third kappa shape index (κ3) is 10.0. The first-order valence-electron chi connectivity index (χ1n) is 9.78. The first kappa shape index (κ1) is 30.1. The van der Waals surface area contributed by atoms with E-state index >= 15 is 0 Å². The Balaban J connectivity index is 3.17. The summed E-state index contributed by atoms with van der Waals surface area (Å²) in [4.78, 5) is 36.0. The summed E-state index contributed by atoms with van der Waals surface area (Å²) in [6.07, 6.45) is -1.95. The highest BCUT2D eigenvalue weighted by Gasteiger charge is 2.32. The van der Waals surface area contributed by atoms with E-state index in [1.54, 1.807) is 33.8 Å². The maximum atomic E-state index is 12.7. The number of hydrogen-bond acceptors (Lipinski definition) is 9. The lowest BCUT2D eigenvalue weighted by molar-refractivity contribution is -0.145. The van der Waals surface area contributed by atoms with Crippen LogP contribution in [0.4, 0.5) is 10.5 Å². The molecule has 0 aliphatic heterocycles. The number of halogens is 2. The van der Waals surface area contributed by atoms with Gasteiger partial charge in [0.15, 0.2) is 0 Å². The van der Waals surface area contributed by atoms with Crippen LogP contribution in [-0.2, 0) is 32.7 Å². The smallest absolute Gasteiger partial charge is 0.414 e. The van der Waals surface area contributed by atoms with Crippen molar-refractivity contribution in [3.05, 3.63) is 24.8 Å². The fraction of sp³-hybridized carbons (Fsp3) is 0.550. The van der Waals surface area contributed by atoms with Crippen LogP contribution in [0.2, 0.25) is 0 Å². The molecule has 1 aromatic rings. The van der Waals surface area contributed by atoms with Gasteiger partial charge in [-0.25, -0.2) is 4.79 Å². The van der Waals surface area contributed by atoms with E-state index < -0.39 is 43.3 Å². The normalized spacial score (nSPS) is 13.6. The second kappa shape index (κ2) is 12.7. The van der Waals surface area contributed by atoms with Crippen LogP contribution in [0.3, 0.4) is 0 Å². The summed E-state index contributed by atoms with van der Waals surface area (Å²) in [5.41, 5.74) is 0.374. The zero-order chi connectivity index (χ0) is 25.6. The molecule has 0 heterocycles. The topological polar surface area (TPSA) is 129 Å². The highest BCUT2D eigenvalue weighted by atomic mass is 127. The van der Waals surface area contributed by atoms with Gasteiger partial charge >= 0.3 is 19.7 Å². The molecule has 0 aromatic heterocycles. The third-order valence-corrected chi connectivity index (χ3v) is 7.79. The Hall–Kier alpha value is -0.960. The van der Waals surface area contributed by atoms with Crippen molar-refractivity contribution < 1.29 is 37.5 Å². The van der Waals surface area contributed by atoms with Gasteiger partial charge in [0.05, 0.1) is 6.16 Å². The first-order valence-corrected chi connectivity index (χ1v) is 13.7. The van der Waals surface area contributed by atoms with E-state index in [4.69, 9.17) is 18.5 Å². The zero-order valence-electron chi connectivity index (χ0n) is 19.5. The van der Waals surface area contributed by atoms with Crippen LogP contribution in [0.5, 0.6) is 0 Å². The van der Waals surface area contributed by atoms with Gasteiger partial charge in [-0.3, -0.25) is 19.5 Å². The third-order valence-electron chi connectivity index (χ3n) is 4.08. The molecule has 0 aliphatic rings. The van der Waals surface area contributed by atoms with Crippen LogP contribution in [0.25, 0.3) is 0 Å². The Bertz CT molecular complexity index is 927. The number of ether oxygens (including phenoxy) is 2. The summed E-state index contributed by atoms with van der Waals surface area (Å²) < 4.78 is 34.8. The lowest BCUT2D eigenvalue weighted by Crippen LogP contribution is -2.43. The van der Waals surface area contributed by atoms with Crippen molar-refractivity contribution in [3.63, 3.8) is 0 Å². The fourth-order valence-electron chi connectivity index (χ4n) is 2.56. The number of hydrogen-bond donors (Lipinski definition) is 2. The van der Waals surface area contributed by atoms with Crippen molar-refractivity contribution in [1.82, 2.24) is 5.32 Å². The largest absolute Gasteiger partial charge is 0.457 e. The molecule has 33 heavy (non-hydrogen) atoms. The van der Waals surface area contributed by atoms with E-state index in [9.17, 15) is 18.9 Å². The lowest BCUT2D eigenvalue weighted by Gasteiger charge is -2.24. The summed E-state index contributed by atoms with van der Waals surface area (Å²) in [6.45, 7) is 7.92.